The molecule has 1 atom stereocenters. The van der Waals surface area contributed by atoms with Gasteiger partial charge in [-0.2, -0.15) is 0 Å². The van der Waals surface area contributed by atoms with Gasteiger partial charge in [-0.1, -0.05) is 24.3 Å². The largest absolute Gasteiger partial charge is 0.459 e. The molecule has 0 spiro atoms. The molecule has 1 N–H and O–H groups in total. The zero-order chi connectivity index (χ0) is 17.2. The average molecular weight is 335 g/mol. The lowest BCUT2D eigenvalue weighted by Crippen LogP contribution is -2.24. The molecule has 2 aromatic carbocycles. The summed E-state index contributed by atoms with van der Waals surface area (Å²) in [6.45, 7) is 2.13. The Labute approximate surface area is 144 Å². The van der Waals surface area contributed by atoms with E-state index in [1.54, 1.807) is 6.08 Å². The van der Waals surface area contributed by atoms with Gasteiger partial charge in [-0.3, -0.25) is 4.79 Å². The van der Waals surface area contributed by atoms with Crippen LogP contribution in [0.3, 0.4) is 0 Å². The molecule has 4 rings (SSSR count). The minimum absolute atomic E-state index is 0.189. The first-order chi connectivity index (χ1) is 12.2. The van der Waals surface area contributed by atoms with E-state index in [1.165, 1.54) is 6.08 Å². The molecule has 1 aliphatic rings. The maximum absolute atomic E-state index is 12.2. The summed E-state index contributed by atoms with van der Waals surface area (Å²) in [5.41, 5.74) is 1.69. The number of nitrogens with one attached hydrogen (secondary N) is 1. The van der Waals surface area contributed by atoms with Crippen LogP contribution in [0.4, 0.5) is 0 Å². The summed E-state index contributed by atoms with van der Waals surface area (Å²) < 4.78 is 16.4. The van der Waals surface area contributed by atoms with E-state index in [-0.39, 0.29) is 18.7 Å². The van der Waals surface area contributed by atoms with E-state index < -0.39 is 0 Å². The highest BCUT2D eigenvalue weighted by molar-refractivity contribution is 5.92. The molecule has 0 fully saturated rings. The number of hydrogen-bond donors (Lipinski definition) is 1. The highest BCUT2D eigenvalue weighted by atomic mass is 16.7. The van der Waals surface area contributed by atoms with Gasteiger partial charge in [0.25, 0.3) is 0 Å². The van der Waals surface area contributed by atoms with Gasteiger partial charge in [-0.15, -0.1) is 0 Å². The second kappa shape index (κ2) is 6.36. The van der Waals surface area contributed by atoms with Crippen molar-refractivity contribution in [3.63, 3.8) is 0 Å². The number of carbonyl (C=O) groups is 1. The SMILES string of the molecule is C[C@H](NC(=O)/C=C/c1ccc2c(c1)OCO2)c1cc2ccccc2o1. The molecule has 1 aromatic heterocycles. The van der Waals surface area contributed by atoms with E-state index in [0.29, 0.717) is 5.75 Å². The number of amides is 1. The maximum Gasteiger partial charge on any atom is 0.244 e. The summed E-state index contributed by atoms with van der Waals surface area (Å²) in [4.78, 5) is 12.2. The molecule has 0 bridgehead atoms. The fraction of sp³-hybridized carbons (Fsp3) is 0.150. The summed E-state index contributed by atoms with van der Waals surface area (Å²) in [7, 11) is 0. The Hall–Kier alpha value is -3.21. The zero-order valence-electron chi connectivity index (χ0n) is 13.7. The van der Waals surface area contributed by atoms with Crippen LogP contribution in [0.25, 0.3) is 17.0 Å². The summed E-state index contributed by atoms with van der Waals surface area (Å²) in [5.74, 6) is 1.95. The number of rotatable bonds is 4. The van der Waals surface area contributed by atoms with Gasteiger partial charge in [0.1, 0.15) is 11.3 Å². The molecule has 0 saturated carbocycles. The predicted octanol–water partition coefficient (Wildman–Crippen LogP) is 4.05. The van der Waals surface area contributed by atoms with Crippen molar-refractivity contribution in [1.29, 1.82) is 0 Å². The molecule has 1 aliphatic heterocycles. The quantitative estimate of drug-likeness (QED) is 0.731. The number of fused-ring (bicyclic) bond motifs is 2. The minimum atomic E-state index is -0.221. The van der Waals surface area contributed by atoms with E-state index in [9.17, 15) is 4.79 Å². The highest BCUT2D eigenvalue weighted by Gasteiger charge is 2.14. The first-order valence-corrected chi connectivity index (χ1v) is 8.06. The van der Waals surface area contributed by atoms with Gasteiger partial charge in [0.15, 0.2) is 11.5 Å². The summed E-state index contributed by atoms with van der Waals surface area (Å²) in [6, 6.07) is 15.0. The normalized spacial score (nSPS) is 14.1. The number of hydrogen-bond acceptors (Lipinski definition) is 4. The van der Waals surface area contributed by atoms with Crippen LogP contribution in [0.1, 0.15) is 24.3 Å². The first kappa shape index (κ1) is 15.3. The average Bonchev–Trinajstić information content (AvgIpc) is 3.25. The Bertz CT molecular complexity index is 924. The van der Waals surface area contributed by atoms with Crippen LogP contribution in [-0.4, -0.2) is 12.7 Å². The lowest BCUT2D eigenvalue weighted by Gasteiger charge is -2.09. The van der Waals surface area contributed by atoms with Crippen molar-refractivity contribution < 1.29 is 18.7 Å². The van der Waals surface area contributed by atoms with Crippen molar-refractivity contribution in [2.75, 3.05) is 6.79 Å². The van der Waals surface area contributed by atoms with Gasteiger partial charge in [-0.05, 0) is 42.8 Å². The van der Waals surface area contributed by atoms with Crippen molar-refractivity contribution in [2.45, 2.75) is 13.0 Å². The van der Waals surface area contributed by atoms with E-state index in [0.717, 1.165) is 28.0 Å². The second-order valence-electron chi connectivity index (χ2n) is 5.86. The topological polar surface area (TPSA) is 60.7 Å². The van der Waals surface area contributed by atoms with Crippen LogP contribution in [0.5, 0.6) is 11.5 Å². The molecular formula is C20H17NO4. The van der Waals surface area contributed by atoms with Gasteiger partial charge in [0, 0.05) is 11.5 Å². The van der Waals surface area contributed by atoms with Gasteiger partial charge in [-0.25, -0.2) is 0 Å². The van der Waals surface area contributed by atoms with E-state index in [2.05, 4.69) is 5.32 Å². The van der Waals surface area contributed by atoms with Crippen LogP contribution in [0, 0.1) is 0 Å². The Kier molecular flexibility index (Phi) is 3.90. The van der Waals surface area contributed by atoms with E-state index in [1.807, 2.05) is 55.5 Å². The van der Waals surface area contributed by atoms with E-state index in [4.69, 9.17) is 13.9 Å². The van der Waals surface area contributed by atoms with Gasteiger partial charge in [0.2, 0.25) is 12.7 Å². The second-order valence-corrected chi connectivity index (χ2v) is 5.86. The van der Waals surface area contributed by atoms with Crippen molar-refractivity contribution >= 4 is 23.0 Å². The smallest absolute Gasteiger partial charge is 0.244 e. The highest BCUT2D eigenvalue weighted by Crippen LogP contribution is 2.32. The van der Waals surface area contributed by atoms with Crippen molar-refractivity contribution in [3.05, 3.63) is 65.9 Å². The number of furan rings is 1. The third kappa shape index (κ3) is 3.21. The fourth-order valence-corrected chi connectivity index (χ4v) is 2.74. The number of benzene rings is 2. The minimum Gasteiger partial charge on any atom is -0.459 e. The molecule has 0 aliphatic carbocycles. The fourth-order valence-electron chi connectivity index (χ4n) is 2.74. The lowest BCUT2D eigenvalue weighted by atomic mass is 10.2. The molecule has 0 saturated heterocycles. The molecule has 0 unspecified atom stereocenters. The zero-order valence-corrected chi connectivity index (χ0v) is 13.7. The summed E-state index contributed by atoms with van der Waals surface area (Å²) >= 11 is 0. The van der Waals surface area contributed by atoms with Gasteiger partial charge in [0.05, 0.1) is 6.04 Å². The lowest BCUT2D eigenvalue weighted by molar-refractivity contribution is -0.117. The Morgan fingerprint density at radius 1 is 1.12 bits per heavy atom. The molecule has 5 heteroatoms. The molecule has 0 radical (unpaired) electrons. The van der Waals surface area contributed by atoms with Gasteiger partial charge < -0.3 is 19.2 Å². The van der Waals surface area contributed by atoms with Crippen molar-refractivity contribution in [1.82, 2.24) is 5.32 Å². The van der Waals surface area contributed by atoms with Crippen LogP contribution in [0.15, 0.2) is 59.0 Å². The van der Waals surface area contributed by atoms with E-state index >= 15 is 0 Å². The third-order valence-corrected chi connectivity index (χ3v) is 4.05. The van der Waals surface area contributed by atoms with Crippen LogP contribution in [0.2, 0.25) is 0 Å². The maximum atomic E-state index is 12.2. The van der Waals surface area contributed by atoms with Crippen LogP contribution in [-0.2, 0) is 4.79 Å². The molecule has 3 aromatic rings. The Balaban J connectivity index is 1.42. The first-order valence-electron chi connectivity index (χ1n) is 8.06. The van der Waals surface area contributed by atoms with Crippen LogP contribution < -0.4 is 14.8 Å². The number of carbonyl (C=O) groups excluding carboxylic acids is 1. The van der Waals surface area contributed by atoms with Gasteiger partial charge >= 0.3 is 0 Å². The molecular weight excluding hydrogens is 318 g/mol. The molecule has 25 heavy (non-hydrogen) atoms. The molecule has 5 nitrogen and oxygen atoms in total. The Morgan fingerprint density at radius 3 is 2.84 bits per heavy atom. The molecule has 126 valence electrons. The summed E-state index contributed by atoms with van der Waals surface area (Å²) in [6.07, 6.45) is 3.24. The summed E-state index contributed by atoms with van der Waals surface area (Å²) in [5, 5.41) is 3.93. The Morgan fingerprint density at radius 2 is 1.96 bits per heavy atom. The van der Waals surface area contributed by atoms with Crippen LogP contribution >= 0.6 is 0 Å². The number of para-hydroxylation sites is 1. The molecule has 2 heterocycles. The van der Waals surface area contributed by atoms with Crippen molar-refractivity contribution in [3.8, 4) is 11.5 Å². The molecule has 1 amide bonds. The third-order valence-electron chi connectivity index (χ3n) is 4.05. The monoisotopic (exact) mass is 335 g/mol. The predicted molar refractivity (Wildman–Crippen MR) is 94.4 cm³/mol. The van der Waals surface area contributed by atoms with Crippen molar-refractivity contribution in [2.24, 2.45) is 0 Å². The number of ether oxygens (including phenoxy) is 2. The standard InChI is InChI=1S/C20H17NO4/c1-13(18-11-15-4-2-3-5-16(15)25-18)21-20(22)9-7-14-6-8-17-19(10-14)24-12-23-17/h2-11,13H,12H2,1H3,(H,21,22)/b9-7+/t13-/m0/s1.